The quantitative estimate of drug-likeness (QED) is 0.610. The zero-order chi connectivity index (χ0) is 12.1. The van der Waals surface area contributed by atoms with Gasteiger partial charge in [-0.3, -0.25) is 0 Å². The highest BCUT2D eigenvalue weighted by atomic mass is 16.5. The number of rotatable bonds is 4. The lowest BCUT2D eigenvalue weighted by molar-refractivity contribution is -0.135. The Labute approximate surface area is 94.1 Å². The number of carbonyl (C=O) groups excluding carboxylic acids is 1. The minimum Gasteiger partial charge on any atom is -0.493 e. The molecule has 0 bridgehead atoms. The molecule has 0 amide bonds. The van der Waals surface area contributed by atoms with Gasteiger partial charge in [-0.15, -0.1) is 0 Å². The summed E-state index contributed by atoms with van der Waals surface area (Å²) in [5.41, 5.74) is 5.38. The standard InChI is InChI=1S/C11H15NO4/c1-7(12)11(13)16-8-4-5-9(14-2)10(6-8)15-3/h4-7H,12H2,1-3H3. The van der Waals surface area contributed by atoms with Crippen LogP contribution >= 0.6 is 0 Å². The lowest BCUT2D eigenvalue weighted by Gasteiger charge is -2.10. The molecule has 0 spiro atoms. The predicted octanol–water partition coefficient (Wildman–Crippen LogP) is 0.956. The molecule has 0 heterocycles. The van der Waals surface area contributed by atoms with E-state index >= 15 is 0 Å². The van der Waals surface area contributed by atoms with Crippen molar-refractivity contribution < 1.29 is 19.0 Å². The van der Waals surface area contributed by atoms with Crippen molar-refractivity contribution in [1.82, 2.24) is 0 Å². The molecule has 0 aliphatic heterocycles. The average Bonchev–Trinajstić information content (AvgIpc) is 2.28. The summed E-state index contributed by atoms with van der Waals surface area (Å²) in [6.07, 6.45) is 0. The van der Waals surface area contributed by atoms with Crippen LogP contribution in [-0.4, -0.2) is 26.2 Å². The Balaban J connectivity index is 2.87. The molecular weight excluding hydrogens is 210 g/mol. The predicted molar refractivity (Wildman–Crippen MR) is 58.8 cm³/mol. The molecular formula is C11H15NO4. The van der Waals surface area contributed by atoms with Crippen molar-refractivity contribution in [2.45, 2.75) is 13.0 Å². The van der Waals surface area contributed by atoms with Gasteiger partial charge >= 0.3 is 5.97 Å². The highest BCUT2D eigenvalue weighted by molar-refractivity contribution is 5.77. The van der Waals surface area contributed by atoms with E-state index in [1.165, 1.54) is 14.2 Å². The van der Waals surface area contributed by atoms with E-state index in [9.17, 15) is 4.79 Å². The topological polar surface area (TPSA) is 70.8 Å². The van der Waals surface area contributed by atoms with Crippen molar-refractivity contribution in [2.24, 2.45) is 5.73 Å². The molecule has 1 rings (SSSR count). The van der Waals surface area contributed by atoms with Crippen molar-refractivity contribution >= 4 is 5.97 Å². The van der Waals surface area contributed by atoms with Crippen LogP contribution in [0, 0.1) is 0 Å². The van der Waals surface area contributed by atoms with Crippen molar-refractivity contribution in [3.63, 3.8) is 0 Å². The molecule has 0 radical (unpaired) electrons. The number of methoxy groups -OCH3 is 2. The average molecular weight is 225 g/mol. The van der Waals surface area contributed by atoms with E-state index in [0.717, 1.165) is 0 Å². The fraction of sp³-hybridized carbons (Fsp3) is 0.364. The zero-order valence-electron chi connectivity index (χ0n) is 9.52. The van der Waals surface area contributed by atoms with Crippen LogP contribution in [0.5, 0.6) is 17.2 Å². The van der Waals surface area contributed by atoms with Crippen LogP contribution in [0.15, 0.2) is 18.2 Å². The van der Waals surface area contributed by atoms with E-state index < -0.39 is 12.0 Å². The molecule has 1 atom stereocenters. The van der Waals surface area contributed by atoms with E-state index in [1.54, 1.807) is 25.1 Å². The van der Waals surface area contributed by atoms with E-state index in [2.05, 4.69) is 0 Å². The fourth-order valence-corrected chi connectivity index (χ4v) is 1.09. The highest BCUT2D eigenvalue weighted by Gasteiger charge is 2.12. The number of ether oxygens (including phenoxy) is 3. The van der Waals surface area contributed by atoms with Gasteiger partial charge in [0.05, 0.1) is 14.2 Å². The monoisotopic (exact) mass is 225 g/mol. The van der Waals surface area contributed by atoms with Gasteiger partial charge < -0.3 is 19.9 Å². The molecule has 2 N–H and O–H groups in total. The van der Waals surface area contributed by atoms with E-state index in [1.807, 2.05) is 0 Å². The van der Waals surface area contributed by atoms with Crippen LogP contribution < -0.4 is 19.9 Å². The van der Waals surface area contributed by atoms with Gasteiger partial charge in [-0.2, -0.15) is 0 Å². The second-order valence-corrected chi connectivity index (χ2v) is 3.23. The second-order valence-electron chi connectivity index (χ2n) is 3.23. The fourth-order valence-electron chi connectivity index (χ4n) is 1.09. The molecule has 1 unspecified atom stereocenters. The van der Waals surface area contributed by atoms with Crippen molar-refractivity contribution in [3.8, 4) is 17.2 Å². The summed E-state index contributed by atoms with van der Waals surface area (Å²) in [4.78, 5) is 11.2. The van der Waals surface area contributed by atoms with Gasteiger partial charge in [-0.1, -0.05) is 0 Å². The van der Waals surface area contributed by atoms with E-state index in [4.69, 9.17) is 19.9 Å². The molecule has 0 saturated carbocycles. The molecule has 5 heteroatoms. The number of esters is 1. The molecule has 0 aliphatic rings. The van der Waals surface area contributed by atoms with Crippen molar-refractivity contribution in [1.29, 1.82) is 0 Å². The largest absolute Gasteiger partial charge is 0.493 e. The minimum atomic E-state index is -0.659. The summed E-state index contributed by atoms with van der Waals surface area (Å²) in [6.45, 7) is 1.56. The molecule has 1 aromatic carbocycles. The van der Waals surface area contributed by atoms with Crippen LogP contribution in [-0.2, 0) is 4.79 Å². The van der Waals surface area contributed by atoms with Gasteiger partial charge in [0.2, 0.25) is 0 Å². The summed E-state index contributed by atoms with van der Waals surface area (Å²) in [5.74, 6) is 0.952. The summed E-state index contributed by atoms with van der Waals surface area (Å²) < 4.78 is 15.1. The van der Waals surface area contributed by atoms with Gasteiger partial charge in [0, 0.05) is 6.07 Å². The molecule has 0 aromatic heterocycles. The van der Waals surface area contributed by atoms with Gasteiger partial charge in [0.1, 0.15) is 11.8 Å². The van der Waals surface area contributed by atoms with Crippen LogP contribution in [0.3, 0.4) is 0 Å². The normalized spacial score (nSPS) is 11.8. The van der Waals surface area contributed by atoms with Crippen LogP contribution in [0.25, 0.3) is 0 Å². The molecule has 0 aliphatic carbocycles. The summed E-state index contributed by atoms with van der Waals surface area (Å²) in [5, 5.41) is 0. The smallest absolute Gasteiger partial charge is 0.328 e. The Bertz CT molecular complexity index is 376. The van der Waals surface area contributed by atoms with E-state index in [0.29, 0.717) is 17.2 Å². The van der Waals surface area contributed by atoms with Gasteiger partial charge in [0.25, 0.3) is 0 Å². The molecule has 88 valence electrons. The summed E-state index contributed by atoms with van der Waals surface area (Å²) in [6, 6.07) is 4.18. The highest BCUT2D eigenvalue weighted by Crippen LogP contribution is 2.30. The summed E-state index contributed by atoms with van der Waals surface area (Å²) in [7, 11) is 3.04. The van der Waals surface area contributed by atoms with Crippen molar-refractivity contribution in [3.05, 3.63) is 18.2 Å². The number of hydrogen-bond donors (Lipinski definition) is 1. The number of carbonyl (C=O) groups is 1. The molecule has 16 heavy (non-hydrogen) atoms. The summed E-state index contributed by atoms with van der Waals surface area (Å²) >= 11 is 0. The van der Waals surface area contributed by atoms with Gasteiger partial charge in [-0.05, 0) is 19.1 Å². The van der Waals surface area contributed by atoms with Crippen LogP contribution in [0.1, 0.15) is 6.92 Å². The third-order valence-corrected chi connectivity index (χ3v) is 1.95. The Morgan fingerprint density at radius 3 is 2.38 bits per heavy atom. The number of hydrogen-bond acceptors (Lipinski definition) is 5. The van der Waals surface area contributed by atoms with Gasteiger partial charge in [-0.25, -0.2) is 4.79 Å². The zero-order valence-corrected chi connectivity index (χ0v) is 9.52. The molecule has 5 nitrogen and oxygen atoms in total. The Morgan fingerprint density at radius 1 is 1.25 bits per heavy atom. The SMILES string of the molecule is COc1ccc(OC(=O)C(C)N)cc1OC. The Hall–Kier alpha value is -1.75. The van der Waals surface area contributed by atoms with Crippen LogP contribution in [0.4, 0.5) is 0 Å². The number of benzene rings is 1. The van der Waals surface area contributed by atoms with E-state index in [-0.39, 0.29) is 0 Å². The first-order chi connectivity index (χ1) is 7.58. The maximum absolute atomic E-state index is 11.2. The number of nitrogens with two attached hydrogens (primary N) is 1. The second kappa shape index (κ2) is 5.37. The minimum absolute atomic E-state index is 0.375. The maximum Gasteiger partial charge on any atom is 0.328 e. The van der Waals surface area contributed by atoms with Crippen LogP contribution in [0.2, 0.25) is 0 Å². The first-order valence-electron chi connectivity index (χ1n) is 4.77. The third kappa shape index (κ3) is 2.87. The lowest BCUT2D eigenvalue weighted by atomic mass is 10.3. The molecule has 1 aromatic rings. The Kier molecular flexibility index (Phi) is 4.13. The van der Waals surface area contributed by atoms with Gasteiger partial charge in [0.15, 0.2) is 11.5 Å². The molecule has 0 fully saturated rings. The lowest BCUT2D eigenvalue weighted by Crippen LogP contribution is -2.30. The Morgan fingerprint density at radius 2 is 1.88 bits per heavy atom. The third-order valence-electron chi connectivity index (χ3n) is 1.95. The molecule has 0 saturated heterocycles. The maximum atomic E-state index is 11.2. The first kappa shape index (κ1) is 12.3. The van der Waals surface area contributed by atoms with Crippen molar-refractivity contribution in [2.75, 3.05) is 14.2 Å². The first-order valence-corrected chi connectivity index (χ1v) is 4.77.